The van der Waals surface area contributed by atoms with Crippen LogP contribution in [-0.2, 0) is 0 Å². The monoisotopic (exact) mass is 416 g/mol. The Kier molecular flexibility index (Phi) is 4.35. The quantitative estimate of drug-likeness (QED) is 0.328. The van der Waals surface area contributed by atoms with E-state index in [-0.39, 0.29) is 5.56 Å². The predicted octanol–water partition coefficient (Wildman–Crippen LogP) is 6.51. The van der Waals surface area contributed by atoms with Gasteiger partial charge in [0, 0.05) is 10.6 Å². The molecule has 5 heteroatoms. The predicted molar refractivity (Wildman–Crippen MR) is 120 cm³/mol. The number of fused-ring (bicyclic) bond motifs is 2. The first-order valence-corrected chi connectivity index (χ1v) is 9.84. The normalized spacial score (nSPS) is 11.2. The van der Waals surface area contributed by atoms with Gasteiger partial charge in [-0.1, -0.05) is 65.7 Å². The van der Waals surface area contributed by atoms with E-state index < -0.39 is 0 Å². The number of halogens is 2. The van der Waals surface area contributed by atoms with Crippen LogP contribution in [-0.4, -0.2) is 9.55 Å². The lowest BCUT2D eigenvalue weighted by molar-refractivity contribution is 0.978. The van der Waals surface area contributed by atoms with Crippen LogP contribution in [0.4, 0.5) is 0 Å². The molecule has 5 rings (SSSR count). The van der Waals surface area contributed by atoms with Crippen LogP contribution in [0, 0.1) is 0 Å². The molecule has 140 valence electrons. The van der Waals surface area contributed by atoms with Crippen molar-refractivity contribution < 1.29 is 0 Å². The highest BCUT2D eigenvalue weighted by molar-refractivity contribution is 6.36. The van der Waals surface area contributed by atoms with Gasteiger partial charge in [-0.05, 0) is 53.2 Å². The number of rotatable bonds is 2. The van der Waals surface area contributed by atoms with E-state index in [4.69, 9.17) is 28.2 Å². The maximum atomic E-state index is 13.5. The molecule has 3 nitrogen and oxygen atoms in total. The Bertz CT molecular complexity index is 1460. The average Bonchev–Trinajstić information content (AvgIpc) is 2.73. The SMILES string of the molecule is O=c1c2ccccc2nc(-c2ccc(Cl)cc2Cl)n1-c1ccc2ccccc2c1. The first kappa shape index (κ1) is 17.9. The van der Waals surface area contributed by atoms with Crippen molar-refractivity contribution in [2.45, 2.75) is 0 Å². The third kappa shape index (κ3) is 3.09. The molecule has 4 aromatic carbocycles. The van der Waals surface area contributed by atoms with E-state index >= 15 is 0 Å². The molecule has 0 bridgehead atoms. The number of aromatic nitrogens is 2. The number of hydrogen-bond donors (Lipinski definition) is 0. The molecule has 0 radical (unpaired) electrons. The summed E-state index contributed by atoms with van der Waals surface area (Å²) < 4.78 is 1.61. The van der Waals surface area contributed by atoms with E-state index in [0.717, 1.165) is 16.5 Å². The van der Waals surface area contributed by atoms with Gasteiger partial charge in [-0.2, -0.15) is 0 Å². The molecular weight excluding hydrogens is 403 g/mol. The molecule has 1 heterocycles. The summed E-state index contributed by atoms with van der Waals surface area (Å²) in [6.45, 7) is 0. The molecule has 0 amide bonds. The van der Waals surface area contributed by atoms with Crippen molar-refractivity contribution in [2.24, 2.45) is 0 Å². The van der Waals surface area contributed by atoms with Crippen LogP contribution in [0.25, 0.3) is 38.8 Å². The zero-order valence-electron chi connectivity index (χ0n) is 15.1. The molecule has 0 atom stereocenters. The minimum atomic E-state index is -0.146. The van der Waals surface area contributed by atoms with Gasteiger partial charge in [0.1, 0.15) is 5.82 Å². The molecule has 5 aromatic rings. The molecule has 0 aliphatic heterocycles. The Morgan fingerprint density at radius 1 is 0.759 bits per heavy atom. The smallest absolute Gasteiger partial charge is 0.266 e. The number of benzene rings is 4. The highest BCUT2D eigenvalue weighted by atomic mass is 35.5. The van der Waals surface area contributed by atoms with Gasteiger partial charge in [0.2, 0.25) is 0 Å². The van der Waals surface area contributed by atoms with Crippen molar-refractivity contribution in [3.05, 3.63) is 105 Å². The van der Waals surface area contributed by atoms with Crippen molar-refractivity contribution >= 4 is 44.9 Å². The van der Waals surface area contributed by atoms with Crippen molar-refractivity contribution in [1.82, 2.24) is 9.55 Å². The lowest BCUT2D eigenvalue weighted by atomic mass is 10.1. The fourth-order valence-electron chi connectivity index (χ4n) is 3.54. The summed E-state index contributed by atoms with van der Waals surface area (Å²) in [6.07, 6.45) is 0. The van der Waals surface area contributed by atoms with Crippen LogP contribution in [0.3, 0.4) is 0 Å². The average molecular weight is 417 g/mol. The summed E-state index contributed by atoms with van der Waals surface area (Å²) in [5.41, 5.74) is 1.85. The van der Waals surface area contributed by atoms with Crippen LogP contribution in [0.15, 0.2) is 89.7 Å². The first-order chi connectivity index (χ1) is 14.1. The maximum absolute atomic E-state index is 13.5. The Morgan fingerprint density at radius 3 is 2.34 bits per heavy atom. The van der Waals surface area contributed by atoms with E-state index in [2.05, 4.69) is 0 Å². The Hall–Kier alpha value is -3.14. The molecular formula is C24H14Cl2N2O. The summed E-state index contributed by atoms with van der Waals surface area (Å²) in [4.78, 5) is 18.3. The van der Waals surface area contributed by atoms with Crippen LogP contribution in [0.1, 0.15) is 0 Å². The van der Waals surface area contributed by atoms with E-state index in [9.17, 15) is 4.79 Å². The second-order valence-corrected chi connectivity index (χ2v) is 7.59. The van der Waals surface area contributed by atoms with Gasteiger partial charge in [0.05, 0.1) is 21.6 Å². The van der Waals surface area contributed by atoms with Gasteiger partial charge in [0.15, 0.2) is 0 Å². The molecule has 0 spiro atoms. The zero-order chi connectivity index (χ0) is 20.0. The summed E-state index contributed by atoms with van der Waals surface area (Å²) in [5.74, 6) is 0.477. The maximum Gasteiger partial charge on any atom is 0.266 e. The molecule has 1 aromatic heterocycles. The van der Waals surface area contributed by atoms with Crippen molar-refractivity contribution in [3.63, 3.8) is 0 Å². The lowest BCUT2D eigenvalue weighted by Crippen LogP contribution is -2.22. The molecule has 0 unspecified atom stereocenters. The number of para-hydroxylation sites is 1. The minimum Gasteiger partial charge on any atom is -0.268 e. The fraction of sp³-hybridized carbons (Fsp3) is 0. The van der Waals surface area contributed by atoms with E-state index in [1.807, 2.05) is 60.7 Å². The van der Waals surface area contributed by atoms with Gasteiger partial charge in [-0.25, -0.2) is 4.98 Å². The minimum absolute atomic E-state index is 0.146. The molecule has 0 aliphatic carbocycles. The summed E-state index contributed by atoms with van der Waals surface area (Å²) in [6, 6.07) is 26.4. The summed E-state index contributed by atoms with van der Waals surface area (Å²) >= 11 is 12.6. The van der Waals surface area contributed by atoms with Crippen LogP contribution >= 0.6 is 23.2 Å². The van der Waals surface area contributed by atoms with Gasteiger partial charge in [-0.15, -0.1) is 0 Å². The second kappa shape index (κ2) is 7.03. The van der Waals surface area contributed by atoms with Gasteiger partial charge < -0.3 is 0 Å². The van der Waals surface area contributed by atoms with Crippen molar-refractivity contribution in [2.75, 3.05) is 0 Å². The van der Waals surface area contributed by atoms with E-state index in [0.29, 0.717) is 32.3 Å². The molecule has 0 aliphatic rings. The highest BCUT2D eigenvalue weighted by Gasteiger charge is 2.17. The third-order valence-corrected chi connectivity index (χ3v) is 5.49. The van der Waals surface area contributed by atoms with E-state index in [1.165, 1.54) is 0 Å². The zero-order valence-corrected chi connectivity index (χ0v) is 16.7. The number of hydrogen-bond acceptors (Lipinski definition) is 2. The lowest BCUT2D eigenvalue weighted by Gasteiger charge is -2.15. The van der Waals surface area contributed by atoms with Crippen LogP contribution in [0.5, 0.6) is 0 Å². The molecule has 0 saturated heterocycles. The van der Waals surface area contributed by atoms with Gasteiger partial charge in [-0.3, -0.25) is 9.36 Å². The van der Waals surface area contributed by atoms with Gasteiger partial charge in [0.25, 0.3) is 5.56 Å². The van der Waals surface area contributed by atoms with Crippen molar-refractivity contribution in [1.29, 1.82) is 0 Å². The largest absolute Gasteiger partial charge is 0.268 e. The van der Waals surface area contributed by atoms with Crippen LogP contribution < -0.4 is 5.56 Å². The molecule has 29 heavy (non-hydrogen) atoms. The standard InChI is InChI=1S/C24H14Cl2N2O/c25-17-10-12-19(21(26)14-17)23-27-22-8-4-3-7-20(22)24(29)28(23)18-11-9-15-5-1-2-6-16(15)13-18/h1-14H. The molecule has 0 fully saturated rings. The summed E-state index contributed by atoms with van der Waals surface area (Å²) in [7, 11) is 0. The highest BCUT2D eigenvalue weighted by Crippen LogP contribution is 2.31. The Labute approximate surface area is 176 Å². The molecule has 0 saturated carbocycles. The molecule has 0 N–H and O–H groups in total. The Balaban J connectivity index is 1.89. The van der Waals surface area contributed by atoms with Gasteiger partial charge >= 0.3 is 0 Å². The number of nitrogens with zero attached hydrogens (tertiary/aromatic N) is 2. The first-order valence-electron chi connectivity index (χ1n) is 9.08. The van der Waals surface area contributed by atoms with Crippen molar-refractivity contribution in [3.8, 4) is 17.1 Å². The van der Waals surface area contributed by atoms with Crippen LogP contribution in [0.2, 0.25) is 10.0 Å². The summed E-state index contributed by atoms with van der Waals surface area (Å²) in [5, 5.41) is 3.66. The second-order valence-electron chi connectivity index (χ2n) is 6.75. The topological polar surface area (TPSA) is 34.9 Å². The Morgan fingerprint density at radius 2 is 1.52 bits per heavy atom. The fourth-order valence-corrected chi connectivity index (χ4v) is 4.03. The third-order valence-electron chi connectivity index (χ3n) is 4.94. The van der Waals surface area contributed by atoms with E-state index in [1.54, 1.807) is 28.8 Å².